The maximum Gasteiger partial charge on any atom is 0.0211 e. The summed E-state index contributed by atoms with van der Waals surface area (Å²) in [5.41, 5.74) is 1.21. The van der Waals surface area contributed by atoms with Crippen LogP contribution < -0.4 is 0 Å². The molecule has 0 bridgehead atoms. The number of hydrogen-bond acceptors (Lipinski definition) is 1. The van der Waals surface area contributed by atoms with Gasteiger partial charge in [-0.25, -0.2) is 0 Å². The highest BCUT2D eigenvalue weighted by atomic mass is 15.2. The second-order valence-corrected chi connectivity index (χ2v) is 6.83. The van der Waals surface area contributed by atoms with Crippen molar-refractivity contribution in [3.8, 4) is 0 Å². The summed E-state index contributed by atoms with van der Waals surface area (Å²) in [6.45, 7) is 9.86. The van der Waals surface area contributed by atoms with Crippen LogP contribution in [0.15, 0.2) is 0 Å². The summed E-state index contributed by atoms with van der Waals surface area (Å²) in [7, 11) is 0. The van der Waals surface area contributed by atoms with Crippen LogP contribution in [0.1, 0.15) is 65.7 Å². The first-order chi connectivity index (χ1) is 7.02. The maximum absolute atomic E-state index is 2.79. The van der Waals surface area contributed by atoms with Gasteiger partial charge in [-0.3, -0.25) is 4.90 Å². The molecule has 1 saturated heterocycles. The molecule has 1 aliphatic carbocycles. The van der Waals surface area contributed by atoms with Gasteiger partial charge in [-0.05, 0) is 57.0 Å². The smallest absolute Gasteiger partial charge is 0.0211 e. The van der Waals surface area contributed by atoms with Crippen molar-refractivity contribution in [1.82, 2.24) is 4.90 Å². The van der Waals surface area contributed by atoms with Crippen molar-refractivity contribution in [2.75, 3.05) is 13.1 Å². The fourth-order valence-electron chi connectivity index (χ4n) is 3.01. The van der Waals surface area contributed by atoms with E-state index in [1.54, 1.807) is 0 Å². The molecule has 0 unspecified atom stereocenters. The minimum atomic E-state index is 0.529. The SMILES string of the molecule is CC(C)(C)CCCC1(N2CCCC2)CC1. The van der Waals surface area contributed by atoms with E-state index in [-0.39, 0.29) is 0 Å². The lowest BCUT2D eigenvalue weighted by Crippen LogP contribution is -2.34. The molecule has 0 radical (unpaired) electrons. The summed E-state index contributed by atoms with van der Waals surface area (Å²) in [5.74, 6) is 0. The molecular formula is C14H27N. The normalized spacial score (nSPS) is 25.8. The molecular weight excluding hydrogens is 182 g/mol. The number of nitrogens with zero attached hydrogens (tertiary/aromatic N) is 1. The molecule has 0 aromatic rings. The molecule has 1 heteroatoms. The first kappa shape index (κ1) is 11.4. The van der Waals surface area contributed by atoms with Gasteiger partial charge < -0.3 is 0 Å². The van der Waals surface area contributed by atoms with Gasteiger partial charge in [-0.15, -0.1) is 0 Å². The van der Waals surface area contributed by atoms with Crippen molar-refractivity contribution < 1.29 is 0 Å². The molecule has 1 aliphatic heterocycles. The van der Waals surface area contributed by atoms with Crippen LogP contribution in [0, 0.1) is 5.41 Å². The second-order valence-electron chi connectivity index (χ2n) is 6.83. The third-order valence-electron chi connectivity index (χ3n) is 4.17. The van der Waals surface area contributed by atoms with Crippen LogP contribution in [0.5, 0.6) is 0 Å². The molecule has 0 aromatic carbocycles. The van der Waals surface area contributed by atoms with E-state index in [0.717, 1.165) is 0 Å². The summed E-state index contributed by atoms with van der Waals surface area (Å²) in [6, 6.07) is 0. The lowest BCUT2D eigenvalue weighted by molar-refractivity contribution is 0.197. The van der Waals surface area contributed by atoms with Gasteiger partial charge in [0.1, 0.15) is 0 Å². The van der Waals surface area contributed by atoms with Crippen LogP contribution in [0.4, 0.5) is 0 Å². The van der Waals surface area contributed by atoms with Gasteiger partial charge in [0.05, 0.1) is 0 Å². The van der Waals surface area contributed by atoms with E-state index in [1.165, 1.54) is 58.0 Å². The summed E-state index contributed by atoms with van der Waals surface area (Å²) in [6.07, 6.45) is 10.1. The van der Waals surface area contributed by atoms with Crippen LogP contribution in [-0.4, -0.2) is 23.5 Å². The van der Waals surface area contributed by atoms with Crippen LogP contribution >= 0.6 is 0 Å². The zero-order valence-corrected chi connectivity index (χ0v) is 10.8. The molecule has 2 aliphatic rings. The van der Waals surface area contributed by atoms with Gasteiger partial charge in [-0.1, -0.05) is 27.2 Å². The number of hydrogen-bond donors (Lipinski definition) is 0. The second kappa shape index (κ2) is 4.08. The Bertz CT molecular complexity index is 204. The maximum atomic E-state index is 2.79. The van der Waals surface area contributed by atoms with Crippen molar-refractivity contribution in [3.05, 3.63) is 0 Å². The van der Waals surface area contributed by atoms with Gasteiger partial charge in [0.15, 0.2) is 0 Å². The van der Waals surface area contributed by atoms with Gasteiger partial charge in [0.25, 0.3) is 0 Å². The predicted octanol–water partition coefficient (Wildman–Crippen LogP) is 3.83. The van der Waals surface area contributed by atoms with Crippen molar-refractivity contribution in [1.29, 1.82) is 0 Å². The first-order valence-electron chi connectivity index (χ1n) is 6.77. The van der Waals surface area contributed by atoms with E-state index < -0.39 is 0 Å². The third-order valence-corrected chi connectivity index (χ3v) is 4.17. The van der Waals surface area contributed by atoms with Gasteiger partial charge >= 0.3 is 0 Å². The minimum absolute atomic E-state index is 0.529. The Labute approximate surface area is 95.2 Å². The van der Waals surface area contributed by atoms with E-state index in [2.05, 4.69) is 25.7 Å². The fraction of sp³-hybridized carbons (Fsp3) is 1.00. The number of likely N-dealkylation sites (tertiary alicyclic amines) is 1. The van der Waals surface area contributed by atoms with Crippen molar-refractivity contribution in [2.24, 2.45) is 5.41 Å². The average molecular weight is 209 g/mol. The first-order valence-corrected chi connectivity index (χ1v) is 6.77. The number of rotatable bonds is 4. The van der Waals surface area contributed by atoms with Gasteiger partial charge in [-0.2, -0.15) is 0 Å². The summed E-state index contributed by atoms with van der Waals surface area (Å²) < 4.78 is 0. The van der Waals surface area contributed by atoms with E-state index in [4.69, 9.17) is 0 Å². The van der Waals surface area contributed by atoms with Gasteiger partial charge in [0, 0.05) is 5.54 Å². The monoisotopic (exact) mass is 209 g/mol. The Balaban J connectivity index is 1.74. The standard InChI is InChI=1S/C14H27N/c1-13(2,3)7-6-8-14(9-10-14)15-11-4-5-12-15/h4-12H2,1-3H3. The molecule has 0 spiro atoms. The Kier molecular flexibility index (Phi) is 3.12. The predicted molar refractivity (Wildman–Crippen MR) is 66.1 cm³/mol. The fourth-order valence-corrected chi connectivity index (χ4v) is 3.01. The van der Waals surface area contributed by atoms with Crippen molar-refractivity contribution >= 4 is 0 Å². The Morgan fingerprint density at radius 3 is 2.13 bits per heavy atom. The summed E-state index contributed by atoms with van der Waals surface area (Å²) in [5, 5.41) is 0. The minimum Gasteiger partial charge on any atom is -0.298 e. The molecule has 2 fully saturated rings. The zero-order valence-electron chi connectivity index (χ0n) is 10.8. The quantitative estimate of drug-likeness (QED) is 0.680. The highest BCUT2D eigenvalue weighted by Gasteiger charge is 2.47. The van der Waals surface area contributed by atoms with Crippen LogP contribution in [0.25, 0.3) is 0 Å². The highest BCUT2D eigenvalue weighted by molar-refractivity contribution is 5.04. The largest absolute Gasteiger partial charge is 0.298 e. The molecule has 0 N–H and O–H groups in total. The molecule has 0 atom stereocenters. The van der Waals surface area contributed by atoms with Gasteiger partial charge in [0.2, 0.25) is 0 Å². The van der Waals surface area contributed by atoms with E-state index in [0.29, 0.717) is 11.0 Å². The van der Waals surface area contributed by atoms with Crippen molar-refractivity contribution in [2.45, 2.75) is 71.3 Å². The zero-order chi connectivity index (χ0) is 10.9. The Hall–Kier alpha value is -0.0400. The Morgan fingerprint density at radius 2 is 1.67 bits per heavy atom. The molecule has 1 saturated carbocycles. The van der Waals surface area contributed by atoms with E-state index >= 15 is 0 Å². The lowest BCUT2D eigenvalue weighted by atomic mass is 9.88. The summed E-state index contributed by atoms with van der Waals surface area (Å²) in [4.78, 5) is 2.79. The average Bonchev–Trinajstić information content (AvgIpc) is 2.72. The third kappa shape index (κ3) is 2.96. The van der Waals surface area contributed by atoms with E-state index in [9.17, 15) is 0 Å². The Morgan fingerprint density at radius 1 is 1.07 bits per heavy atom. The van der Waals surface area contributed by atoms with Crippen LogP contribution in [0.3, 0.4) is 0 Å². The molecule has 1 nitrogen and oxygen atoms in total. The molecule has 15 heavy (non-hydrogen) atoms. The highest BCUT2D eigenvalue weighted by Crippen LogP contribution is 2.47. The molecule has 2 rings (SSSR count). The summed E-state index contributed by atoms with van der Waals surface area (Å²) >= 11 is 0. The van der Waals surface area contributed by atoms with E-state index in [1.807, 2.05) is 0 Å². The van der Waals surface area contributed by atoms with Crippen LogP contribution in [0.2, 0.25) is 0 Å². The molecule has 0 aromatic heterocycles. The van der Waals surface area contributed by atoms with Crippen LogP contribution in [-0.2, 0) is 0 Å². The molecule has 1 heterocycles. The topological polar surface area (TPSA) is 3.24 Å². The molecule has 88 valence electrons. The molecule has 0 amide bonds. The lowest BCUT2D eigenvalue weighted by Gasteiger charge is -2.28. The van der Waals surface area contributed by atoms with Crippen molar-refractivity contribution in [3.63, 3.8) is 0 Å².